The molecule has 0 aliphatic carbocycles. The molecule has 0 amide bonds. The third-order valence-electron chi connectivity index (χ3n) is 25.9. The maximum atomic E-state index is 6.91. The molecule has 0 fully saturated rings. The van der Waals surface area contributed by atoms with Crippen molar-refractivity contribution < 1.29 is 9.47 Å². The van der Waals surface area contributed by atoms with Crippen LogP contribution in [0.1, 0.15) is 33.4 Å². The van der Waals surface area contributed by atoms with Gasteiger partial charge in [0.05, 0.1) is 8.07 Å². The molecule has 0 radical (unpaired) electrons. The van der Waals surface area contributed by atoms with Gasteiger partial charge in [-0.15, -0.1) is 0 Å². The average molecular weight is 1610 g/mol. The van der Waals surface area contributed by atoms with Gasteiger partial charge in [-0.3, -0.25) is 0 Å². The van der Waals surface area contributed by atoms with E-state index in [0.29, 0.717) is 0 Å². The molecule has 0 saturated heterocycles. The second-order valence-corrected chi connectivity index (χ2v) is 40.0. The van der Waals surface area contributed by atoms with Crippen LogP contribution in [0.15, 0.2) is 394 Å². The van der Waals surface area contributed by atoms with Crippen LogP contribution in [0, 0.1) is 41.5 Å². The molecule has 20 aromatic carbocycles. The number of ether oxygens (including phenoxy) is 2. The molecule has 0 N–H and O–H groups in total. The number of rotatable bonds is 15. The van der Waals surface area contributed by atoms with Gasteiger partial charge in [0.25, 0.3) is 0 Å². The van der Waals surface area contributed by atoms with Gasteiger partial charge in [-0.1, -0.05) is 364 Å². The Morgan fingerprint density at radius 1 is 0.218 bits per heavy atom. The monoisotopic (exact) mass is 1610 g/mol. The second-order valence-electron chi connectivity index (χ2n) is 34.9. The van der Waals surface area contributed by atoms with Gasteiger partial charge >= 0.3 is 0 Å². The largest absolute Gasteiger partial charge is 0.456 e. The summed E-state index contributed by atoms with van der Waals surface area (Å²) in [7, 11) is -1.45. The zero-order valence-electron chi connectivity index (χ0n) is 71.4. The van der Waals surface area contributed by atoms with Crippen molar-refractivity contribution in [3.05, 3.63) is 428 Å². The molecule has 124 heavy (non-hydrogen) atoms. The highest BCUT2D eigenvalue weighted by atomic mass is 28.3. The quantitative estimate of drug-likeness (QED) is 0.0754. The summed E-state index contributed by atoms with van der Waals surface area (Å²) >= 11 is 0. The van der Waals surface area contributed by atoms with Crippen molar-refractivity contribution in [1.29, 1.82) is 0 Å². The van der Waals surface area contributed by atoms with Crippen molar-refractivity contribution >= 4 is 158 Å². The minimum atomic E-state index is -1.45. The van der Waals surface area contributed by atoms with Crippen molar-refractivity contribution in [2.45, 2.75) is 61.2 Å². The lowest BCUT2D eigenvalue weighted by Gasteiger charge is -2.29. The van der Waals surface area contributed by atoms with Gasteiger partial charge in [0, 0.05) is 68.2 Å². The van der Waals surface area contributed by atoms with E-state index in [1.54, 1.807) is 0 Å². The van der Waals surface area contributed by atoms with E-state index < -0.39 is 8.07 Å². The molecule has 2 heterocycles. The Balaban J connectivity index is 0.000000152. The minimum Gasteiger partial charge on any atom is -0.456 e. The van der Waals surface area contributed by atoms with Crippen LogP contribution < -0.4 is 57.2 Å². The fourth-order valence-electron chi connectivity index (χ4n) is 20.4. The lowest BCUT2D eigenvalue weighted by Crippen LogP contribution is -2.55. The number of fused-ring (bicyclic) bond motifs is 12. The molecule has 20 aromatic rings. The number of benzene rings is 20. The summed E-state index contributed by atoms with van der Waals surface area (Å²) in [5.41, 5.74) is 32.0. The first-order chi connectivity index (χ1) is 60.6. The van der Waals surface area contributed by atoms with Crippen LogP contribution in [0.2, 0.25) is 19.6 Å². The molecular weight excluding hydrogens is 1520 g/mol. The summed E-state index contributed by atoms with van der Waals surface area (Å²) in [4.78, 5) is 4.62. The van der Waals surface area contributed by atoms with E-state index in [0.717, 1.165) is 79.0 Å². The van der Waals surface area contributed by atoms with Gasteiger partial charge in [0.15, 0.2) is 0 Å². The number of aryl methyl sites for hydroxylation is 6. The minimum absolute atomic E-state index is 0.124. The van der Waals surface area contributed by atoms with Crippen LogP contribution in [0.25, 0.3) is 109 Å². The SMILES string of the molecule is C[Si](C)(C)c1ccc(N(c2ccccc2)c2ccc3c(c2)Oc2cccc4c2c-3cc2c3ccccc3c(-c3ccc(B(c5ccccc5)c5ccccc5)cc3)cc42)cc1.Cc1cc(C)c(B(c2ccc(-c3cc4c5cccc6c5c(cc4c4ccccc34)-c3ccc(N(c4ccccc4)c4ccccc4)cc3O6)cc2)c2c(C)cc(C)cc2C)c(C)c1. The second kappa shape index (κ2) is 31.5. The van der Waals surface area contributed by atoms with E-state index >= 15 is 0 Å². The zero-order valence-corrected chi connectivity index (χ0v) is 72.4. The Morgan fingerprint density at radius 3 is 0.903 bits per heavy atom. The van der Waals surface area contributed by atoms with Crippen LogP contribution in [-0.2, 0) is 0 Å². The van der Waals surface area contributed by atoms with E-state index in [1.165, 1.54) is 159 Å². The molecule has 4 nitrogen and oxygen atoms in total. The Hall–Kier alpha value is -14.5. The van der Waals surface area contributed by atoms with Crippen LogP contribution in [-0.4, -0.2) is 21.5 Å². The molecule has 0 unspecified atom stereocenters. The molecule has 0 saturated carbocycles. The van der Waals surface area contributed by atoms with Crippen molar-refractivity contribution in [2.24, 2.45) is 0 Å². The van der Waals surface area contributed by atoms with E-state index in [2.05, 4.69) is 465 Å². The molecule has 0 spiro atoms. The summed E-state index contributed by atoms with van der Waals surface area (Å²) in [6.45, 7) is 21.0. The highest BCUT2D eigenvalue weighted by Gasteiger charge is 2.32. The first-order valence-electron chi connectivity index (χ1n) is 43.4. The number of hydrogen-bond acceptors (Lipinski definition) is 4. The van der Waals surface area contributed by atoms with Gasteiger partial charge < -0.3 is 19.3 Å². The molecule has 0 bridgehead atoms. The number of para-hydroxylation sites is 3. The first kappa shape index (κ1) is 76.9. The molecule has 0 atom stereocenters. The predicted molar refractivity (Wildman–Crippen MR) is 536 cm³/mol. The van der Waals surface area contributed by atoms with Crippen molar-refractivity contribution in [1.82, 2.24) is 0 Å². The summed E-state index contributed by atoms with van der Waals surface area (Å²) in [5, 5.41) is 16.1. The normalized spacial score (nSPS) is 11.9. The molecule has 2 aliphatic heterocycles. The van der Waals surface area contributed by atoms with E-state index in [4.69, 9.17) is 9.47 Å². The van der Waals surface area contributed by atoms with Crippen molar-refractivity contribution in [3.63, 3.8) is 0 Å². The average Bonchev–Trinajstić information content (AvgIpc) is 0.713. The molecular formula is C117H92B2N2O2Si. The number of nitrogens with zero attached hydrogens (tertiary/aromatic N) is 2. The van der Waals surface area contributed by atoms with Crippen LogP contribution in [0.3, 0.4) is 0 Å². The van der Waals surface area contributed by atoms with Crippen molar-refractivity contribution in [3.8, 4) is 67.5 Å². The lowest BCUT2D eigenvalue weighted by atomic mass is 9.34. The Labute approximate surface area is 728 Å². The molecule has 7 heteroatoms. The predicted octanol–water partition coefficient (Wildman–Crippen LogP) is 27.5. The zero-order chi connectivity index (χ0) is 84.0. The number of anilines is 6. The third-order valence-corrected chi connectivity index (χ3v) is 27.9. The molecule has 2 aliphatic rings. The van der Waals surface area contributed by atoms with Gasteiger partial charge in [0.1, 0.15) is 23.0 Å². The maximum absolute atomic E-state index is 6.91. The van der Waals surface area contributed by atoms with E-state index in [-0.39, 0.29) is 13.4 Å². The standard InChI is InChI=1S/C60H48BNO.C57H44BNOSi/c1-37-30-39(3)59(40(4)31-37)61(60-41(5)32-38(2)33-42(60)6)44-26-24-43(25-27-44)52-35-54-51-22-15-23-56-58(51)55(36-53(54)49-21-14-13-20-48(49)52)50-29-28-47(34-57(50)63-56)62(45-16-9-7-10-17-45)46-18-11-8-12-19-46;1-61(2,3)46-33-30-44(31-34-46)59(43-20-11-6-12-21-43)45-32-35-49-54-38-52-48-23-14-13-22-47(48)51(37-53(52)50-24-15-25-55(57(50)54)60-56(49)36-45)39-26-28-42(29-27-39)58(40-16-7-4-8-17-40)41-18-9-5-10-19-41/h7-36H,1-6H3;4-38H,1-3H3. The fraction of sp³-hybridized carbons (Fsp3) is 0.0769. The van der Waals surface area contributed by atoms with E-state index in [1.807, 2.05) is 0 Å². The van der Waals surface area contributed by atoms with Gasteiger partial charge in [-0.25, -0.2) is 0 Å². The topological polar surface area (TPSA) is 24.9 Å². The van der Waals surface area contributed by atoms with Crippen LogP contribution >= 0.6 is 0 Å². The van der Waals surface area contributed by atoms with Crippen LogP contribution in [0.5, 0.6) is 23.0 Å². The fourth-order valence-corrected chi connectivity index (χ4v) is 21.5. The van der Waals surface area contributed by atoms with Gasteiger partial charge in [-0.05, 0) is 238 Å². The highest BCUT2D eigenvalue weighted by Crippen LogP contribution is 2.55. The first-order valence-corrected chi connectivity index (χ1v) is 46.9. The summed E-state index contributed by atoms with van der Waals surface area (Å²) < 4.78 is 13.8. The lowest BCUT2D eigenvalue weighted by molar-refractivity contribution is 0.487. The molecule has 22 rings (SSSR count). The molecule has 592 valence electrons. The van der Waals surface area contributed by atoms with Gasteiger partial charge in [0.2, 0.25) is 13.4 Å². The van der Waals surface area contributed by atoms with Gasteiger partial charge in [-0.2, -0.15) is 0 Å². The van der Waals surface area contributed by atoms with E-state index in [9.17, 15) is 0 Å². The summed E-state index contributed by atoms with van der Waals surface area (Å²) in [5.74, 6) is 3.49. The Bertz CT molecular complexity index is 7380. The molecule has 0 aromatic heterocycles. The Morgan fingerprint density at radius 2 is 0.524 bits per heavy atom. The summed E-state index contributed by atoms with van der Waals surface area (Å²) in [6.07, 6.45) is 0. The maximum Gasteiger partial charge on any atom is 0.242 e. The number of hydrogen-bond donors (Lipinski definition) is 0. The summed E-state index contributed by atoms with van der Waals surface area (Å²) in [6, 6.07) is 145. The van der Waals surface area contributed by atoms with Crippen molar-refractivity contribution in [2.75, 3.05) is 9.80 Å². The van der Waals surface area contributed by atoms with Crippen LogP contribution in [0.4, 0.5) is 34.1 Å². The smallest absolute Gasteiger partial charge is 0.242 e. The highest BCUT2D eigenvalue weighted by molar-refractivity contribution is 6.97. The third kappa shape index (κ3) is 13.8. The Kier molecular flexibility index (Phi) is 19.5.